The molecule has 0 aromatic carbocycles. The third-order valence-electron chi connectivity index (χ3n) is 2.04. The summed E-state index contributed by atoms with van der Waals surface area (Å²) >= 11 is 0. The van der Waals surface area contributed by atoms with E-state index in [9.17, 15) is 0 Å². The highest BCUT2D eigenvalue weighted by atomic mass is 15.3. The van der Waals surface area contributed by atoms with Crippen molar-refractivity contribution < 1.29 is 0 Å². The quantitative estimate of drug-likeness (QED) is 0.606. The molecule has 2 aromatic rings. The SMILES string of the molecule is Cc1nc2cc(C)c(C)n2[nH]1. The molecule has 0 atom stereocenters. The minimum absolute atomic E-state index is 0.961. The third-order valence-corrected chi connectivity index (χ3v) is 2.04. The van der Waals surface area contributed by atoms with Gasteiger partial charge >= 0.3 is 0 Å². The summed E-state index contributed by atoms with van der Waals surface area (Å²) in [5, 5.41) is 3.15. The number of rotatable bonds is 0. The molecule has 0 saturated carbocycles. The molecule has 3 heteroatoms. The molecule has 58 valence electrons. The molecule has 0 spiro atoms. The Hall–Kier alpha value is -1.25. The minimum atomic E-state index is 0.961. The van der Waals surface area contributed by atoms with Crippen LogP contribution in [0.1, 0.15) is 17.1 Å². The standard InChI is InChI=1S/C8H11N3/c1-5-4-8-9-7(3)10-11(8)6(5)2/h4H,1-3H3,(H,9,10). The number of aryl methyl sites for hydroxylation is 3. The average molecular weight is 149 g/mol. The highest BCUT2D eigenvalue weighted by Crippen LogP contribution is 2.11. The van der Waals surface area contributed by atoms with E-state index in [4.69, 9.17) is 0 Å². The van der Waals surface area contributed by atoms with Crippen molar-refractivity contribution in [2.24, 2.45) is 0 Å². The molecule has 0 saturated heterocycles. The molecule has 0 aliphatic heterocycles. The molecular formula is C8H11N3. The summed E-state index contributed by atoms with van der Waals surface area (Å²) in [5.41, 5.74) is 3.53. The van der Waals surface area contributed by atoms with Crippen LogP contribution in [-0.4, -0.2) is 14.6 Å². The van der Waals surface area contributed by atoms with Crippen molar-refractivity contribution in [2.45, 2.75) is 20.8 Å². The first-order chi connectivity index (χ1) is 5.18. The fourth-order valence-corrected chi connectivity index (χ4v) is 1.29. The molecule has 2 rings (SSSR count). The van der Waals surface area contributed by atoms with E-state index in [0.717, 1.165) is 11.5 Å². The molecule has 0 aliphatic carbocycles. The van der Waals surface area contributed by atoms with Crippen molar-refractivity contribution in [3.63, 3.8) is 0 Å². The van der Waals surface area contributed by atoms with Crippen molar-refractivity contribution in [2.75, 3.05) is 0 Å². The maximum Gasteiger partial charge on any atom is 0.153 e. The molecule has 0 amide bonds. The number of aromatic amines is 1. The van der Waals surface area contributed by atoms with Crippen LogP contribution in [0.2, 0.25) is 0 Å². The Balaban J connectivity index is 2.88. The normalized spacial score (nSPS) is 11.2. The highest BCUT2D eigenvalue weighted by Gasteiger charge is 2.04. The van der Waals surface area contributed by atoms with E-state index in [1.165, 1.54) is 11.3 Å². The highest BCUT2D eigenvalue weighted by molar-refractivity contribution is 5.45. The topological polar surface area (TPSA) is 33.1 Å². The van der Waals surface area contributed by atoms with Gasteiger partial charge in [0.25, 0.3) is 0 Å². The van der Waals surface area contributed by atoms with E-state index in [0.29, 0.717) is 0 Å². The Morgan fingerprint density at radius 2 is 2.09 bits per heavy atom. The molecule has 0 fully saturated rings. The zero-order valence-corrected chi connectivity index (χ0v) is 6.97. The number of hydrogen-bond acceptors (Lipinski definition) is 1. The monoisotopic (exact) mass is 149 g/mol. The van der Waals surface area contributed by atoms with Gasteiger partial charge in [-0.05, 0) is 32.4 Å². The van der Waals surface area contributed by atoms with Crippen molar-refractivity contribution in [1.82, 2.24) is 14.6 Å². The number of hydrogen-bond donors (Lipinski definition) is 1. The first-order valence-electron chi connectivity index (χ1n) is 3.70. The van der Waals surface area contributed by atoms with Gasteiger partial charge in [-0.3, -0.25) is 5.10 Å². The van der Waals surface area contributed by atoms with Crippen LogP contribution in [0, 0.1) is 20.8 Å². The summed E-state index contributed by atoms with van der Waals surface area (Å²) in [6.07, 6.45) is 0. The van der Waals surface area contributed by atoms with Crippen molar-refractivity contribution >= 4 is 5.65 Å². The number of nitrogens with one attached hydrogen (secondary N) is 1. The van der Waals surface area contributed by atoms with Gasteiger partial charge in [-0.2, -0.15) is 0 Å². The van der Waals surface area contributed by atoms with Gasteiger partial charge in [-0.1, -0.05) is 0 Å². The Morgan fingerprint density at radius 3 is 2.73 bits per heavy atom. The van der Waals surface area contributed by atoms with Crippen LogP contribution < -0.4 is 0 Å². The van der Waals surface area contributed by atoms with Crippen LogP contribution in [0.3, 0.4) is 0 Å². The van der Waals surface area contributed by atoms with E-state index in [1.807, 2.05) is 11.4 Å². The molecule has 2 aromatic heterocycles. The zero-order valence-electron chi connectivity index (χ0n) is 6.97. The zero-order chi connectivity index (χ0) is 8.01. The van der Waals surface area contributed by atoms with Crippen molar-refractivity contribution in [3.8, 4) is 0 Å². The van der Waals surface area contributed by atoms with Crippen molar-refractivity contribution in [3.05, 3.63) is 23.1 Å². The van der Waals surface area contributed by atoms with Gasteiger partial charge in [0.15, 0.2) is 5.65 Å². The minimum Gasteiger partial charge on any atom is -0.280 e. The molecular weight excluding hydrogens is 138 g/mol. The van der Waals surface area contributed by atoms with E-state index >= 15 is 0 Å². The van der Waals surface area contributed by atoms with E-state index in [1.54, 1.807) is 0 Å². The summed E-state index contributed by atoms with van der Waals surface area (Å²) in [7, 11) is 0. The lowest BCUT2D eigenvalue weighted by atomic mass is 10.3. The summed E-state index contributed by atoms with van der Waals surface area (Å²) in [5.74, 6) is 0.961. The average Bonchev–Trinajstić information content (AvgIpc) is 2.37. The van der Waals surface area contributed by atoms with Crippen LogP contribution in [0.5, 0.6) is 0 Å². The molecule has 0 unspecified atom stereocenters. The summed E-state index contributed by atoms with van der Waals surface area (Å²) in [6, 6.07) is 2.08. The van der Waals surface area contributed by atoms with E-state index < -0.39 is 0 Å². The van der Waals surface area contributed by atoms with Gasteiger partial charge in [-0.15, -0.1) is 0 Å². The molecule has 0 bridgehead atoms. The van der Waals surface area contributed by atoms with Gasteiger partial charge in [0.2, 0.25) is 0 Å². The predicted molar refractivity (Wildman–Crippen MR) is 43.8 cm³/mol. The lowest BCUT2D eigenvalue weighted by Crippen LogP contribution is -1.87. The lowest BCUT2D eigenvalue weighted by Gasteiger charge is -1.90. The van der Waals surface area contributed by atoms with Crippen LogP contribution in [-0.2, 0) is 0 Å². The first-order valence-corrected chi connectivity index (χ1v) is 3.70. The van der Waals surface area contributed by atoms with Crippen LogP contribution in [0.4, 0.5) is 0 Å². The maximum absolute atomic E-state index is 4.30. The number of aromatic nitrogens is 3. The summed E-state index contributed by atoms with van der Waals surface area (Å²) in [4.78, 5) is 4.30. The smallest absolute Gasteiger partial charge is 0.153 e. The van der Waals surface area contributed by atoms with Gasteiger partial charge in [0.05, 0.1) is 0 Å². The Bertz CT molecular complexity index is 395. The molecule has 2 heterocycles. The molecule has 3 nitrogen and oxygen atoms in total. The second-order valence-corrected chi connectivity index (χ2v) is 2.92. The summed E-state index contributed by atoms with van der Waals surface area (Å²) < 4.78 is 2.00. The Kier molecular flexibility index (Phi) is 1.10. The van der Waals surface area contributed by atoms with E-state index in [-0.39, 0.29) is 0 Å². The second kappa shape index (κ2) is 1.87. The van der Waals surface area contributed by atoms with Crippen LogP contribution in [0.15, 0.2) is 6.07 Å². The van der Waals surface area contributed by atoms with Crippen LogP contribution in [0.25, 0.3) is 5.65 Å². The van der Waals surface area contributed by atoms with Gasteiger partial charge in [0, 0.05) is 5.69 Å². The largest absolute Gasteiger partial charge is 0.280 e. The molecule has 11 heavy (non-hydrogen) atoms. The van der Waals surface area contributed by atoms with Gasteiger partial charge in [0.1, 0.15) is 5.82 Å². The van der Waals surface area contributed by atoms with Gasteiger partial charge < -0.3 is 0 Å². The molecule has 0 radical (unpaired) electrons. The Morgan fingerprint density at radius 1 is 1.36 bits per heavy atom. The van der Waals surface area contributed by atoms with Gasteiger partial charge in [-0.25, -0.2) is 9.50 Å². The fourth-order valence-electron chi connectivity index (χ4n) is 1.29. The van der Waals surface area contributed by atoms with E-state index in [2.05, 4.69) is 30.0 Å². The van der Waals surface area contributed by atoms with Crippen LogP contribution >= 0.6 is 0 Å². The summed E-state index contributed by atoms with van der Waals surface area (Å²) in [6.45, 7) is 6.13. The lowest BCUT2D eigenvalue weighted by molar-refractivity contribution is 0.899. The molecule has 0 aliphatic rings. The number of H-pyrrole nitrogens is 1. The first kappa shape index (κ1) is 6.46. The third kappa shape index (κ3) is 0.770. The van der Waals surface area contributed by atoms with Crippen molar-refractivity contribution in [1.29, 1.82) is 0 Å². The Labute approximate surface area is 65.0 Å². The predicted octanol–water partition coefficient (Wildman–Crippen LogP) is 1.59. The number of fused-ring (bicyclic) bond motifs is 1. The fraction of sp³-hybridized carbons (Fsp3) is 0.375. The maximum atomic E-state index is 4.30. The second-order valence-electron chi connectivity index (χ2n) is 2.92. The number of nitrogens with zero attached hydrogens (tertiary/aromatic N) is 2. The molecule has 1 N–H and O–H groups in total.